The average Bonchev–Trinajstić information content (AvgIpc) is 2.24. The third-order valence-corrected chi connectivity index (χ3v) is 3.44. The molecule has 0 aliphatic heterocycles. The van der Waals surface area contributed by atoms with Crippen molar-refractivity contribution < 1.29 is 13.2 Å². The van der Waals surface area contributed by atoms with Crippen LogP contribution in [0.15, 0.2) is 24.3 Å². The Kier molecular flexibility index (Phi) is 5.31. The van der Waals surface area contributed by atoms with E-state index in [1.807, 2.05) is 12.1 Å². The van der Waals surface area contributed by atoms with Crippen LogP contribution in [0.5, 0.6) is 0 Å². The minimum Gasteiger partial charge on any atom is -0.399 e. The van der Waals surface area contributed by atoms with E-state index in [4.69, 9.17) is 11.5 Å². The highest BCUT2D eigenvalue weighted by atomic mass is 32.2. The van der Waals surface area contributed by atoms with Gasteiger partial charge in [0.15, 0.2) is 0 Å². The number of amides is 1. The molecule has 1 amide bonds. The Hall–Kier alpha value is -1.60. The van der Waals surface area contributed by atoms with E-state index in [9.17, 15) is 13.2 Å². The van der Waals surface area contributed by atoms with Gasteiger partial charge in [0, 0.05) is 25.0 Å². The Balaban J connectivity index is 2.71. The standard InChI is InChI=1S/C12H19N3O3S/c1-19(17,18)6-5-15(9-12(14)16)8-10-3-2-4-11(13)7-10/h2-4,7H,5-6,8-9,13H2,1H3,(H2,14,16). The van der Waals surface area contributed by atoms with E-state index in [0.29, 0.717) is 12.2 Å². The van der Waals surface area contributed by atoms with Gasteiger partial charge in [-0.3, -0.25) is 9.69 Å². The highest BCUT2D eigenvalue weighted by Gasteiger charge is 2.12. The Bertz CT molecular complexity index is 543. The van der Waals surface area contributed by atoms with Crippen molar-refractivity contribution in [3.63, 3.8) is 0 Å². The SMILES string of the molecule is CS(=O)(=O)CCN(CC(N)=O)Cc1cccc(N)c1. The summed E-state index contributed by atoms with van der Waals surface area (Å²) in [7, 11) is -3.07. The molecule has 0 radical (unpaired) electrons. The molecule has 19 heavy (non-hydrogen) atoms. The summed E-state index contributed by atoms with van der Waals surface area (Å²) >= 11 is 0. The average molecular weight is 285 g/mol. The molecule has 0 fully saturated rings. The molecule has 0 saturated heterocycles. The van der Waals surface area contributed by atoms with Crippen LogP contribution in [0.1, 0.15) is 5.56 Å². The van der Waals surface area contributed by atoms with Gasteiger partial charge in [0.05, 0.1) is 12.3 Å². The van der Waals surface area contributed by atoms with Crippen LogP contribution in [-0.4, -0.2) is 44.3 Å². The van der Waals surface area contributed by atoms with E-state index < -0.39 is 15.7 Å². The summed E-state index contributed by atoms with van der Waals surface area (Å²) in [5.74, 6) is -0.500. The summed E-state index contributed by atoms with van der Waals surface area (Å²) in [6.45, 7) is 0.713. The number of primary amides is 1. The summed E-state index contributed by atoms with van der Waals surface area (Å²) in [6.07, 6.45) is 1.16. The molecule has 0 unspecified atom stereocenters. The summed E-state index contributed by atoms with van der Waals surface area (Å²) < 4.78 is 22.3. The fourth-order valence-corrected chi connectivity index (χ4v) is 2.27. The van der Waals surface area contributed by atoms with Crippen LogP contribution in [0.3, 0.4) is 0 Å². The van der Waals surface area contributed by atoms with Gasteiger partial charge in [-0.25, -0.2) is 8.42 Å². The molecule has 7 heteroatoms. The molecule has 0 saturated carbocycles. The van der Waals surface area contributed by atoms with Gasteiger partial charge < -0.3 is 11.5 Å². The first-order valence-corrected chi connectivity index (χ1v) is 7.85. The minimum absolute atomic E-state index is 0.0113. The molecule has 6 nitrogen and oxygen atoms in total. The highest BCUT2D eigenvalue weighted by molar-refractivity contribution is 7.90. The molecule has 0 spiro atoms. The largest absolute Gasteiger partial charge is 0.399 e. The second-order valence-electron chi connectivity index (χ2n) is 4.55. The third kappa shape index (κ3) is 6.78. The number of carbonyl (C=O) groups is 1. The van der Waals surface area contributed by atoms with Gasteiger partial charge in [-0.15, -0.1) is 0 Å². The zero-order valence-corrected chi connectivity index (χ0v) is 11.7. The summed E-state index contributed by atoms with van der Waals surface area (Å²) in [5, 5.41) is 0. The monoisotopic (exact) mass is 285 g/mol. The number of benzene rings is 1. The first-order valence-electron chi connectivity index (χ1n) is 5.79. The van der Waals surface area contributed by atoms with Crippen LogP contribution in [0.2, 0.25) is 0 Å². The second kappa shape index (κ2) is 6.53. The van der Waals surface area contributed by atoms with Gasteiger partial charge in [0.2, 0.25) is 5.91 Å². The number of hydrogen-bond donors (Lipinski definition) is 2. The molecular weight excluding hydrogens is 266 g/mol. The normalized spacial score (nSPS) is 11.7. The van der Waals surface area contributed by atoms with Crippen molar-refractivity contribution in [1.82, 2.24) is 4.90 Å². The lowest BCUT2D eigenvalue weighted by atomic mass is 10.2. The van der Waals surface area contributed by atoms with E-state index in [1.165, 1.54) is 0 Å². The topological polar surface area (TPSA) is 106 Å². The molecule has 1 aromatic rings. The molecule has 0 bridgehead atoms. The van der Waals surface area contributed by atoms with Crippen molar-refractivity contribution in [3.05, 3.63) is 29.8 Å². The number of hydrogen-bond acceptors (Lipinski definition) is 5. The third-order valence-electron chi connectivity index (χ3n) is 2.51. The van der Waals surface area contributed by atoms with Gasteiger partial charge >= 0.3 is 0 Å². The Morgan fingerprint density at radius 2 is 2.05 bits per heavy atom. The van der Waals surface area contributed by atoms with Crippen molar-refractivity contribution in [2.75, 3.05) is 30.8 Å². The Morgan fingerprint density at radius 1 is 1.37 bits per heavy atom. The maximum absolute atomic E-state index is 11.2. The van der Waals surface area contributed by atoms with Crippen molar-refractivity contribution in [2.45, 2.75) is 6.54 Å². The highest BCUT2D eigenvalue weighted by Crippen LogP contribution is 2.09. The van der Waals surface area contributed by atoms with E-state index in [0.717, 1.165) is 11.8 Å². The van der Waals surface area contributed by atoms with Crippen LogP contribution in [0.25, 0.3) is 0 Å². The number of rotatable bonds is 7. The first-order chi connectivity index (χ1) is 8.76. The molecule has 0 aliphatic carbocycles. The quantitative estimate of drug-likeness (QED) is 0.663. The van der Waals surface area contributed by atoms with Crippen molar-refractivity contribution in [1.29, 1.82) is 0 Å². The smallest absolute Gasteiger partial charge is 0.231 e. The maximum Gasteiger partial charge on any atom is 0.231 e. The van der Waals surface area contributed by atoms with Crippen molar-refractivity contribution in [3.8, 4) is 0 Å². The number of nitrogens with two attached hydrogens (primary N) is 2. The van der Waals surface area contributed by atoms with Crippen LogP contribution in [-0.2, 0) is 21.2 Å². The molecular formula is C12H19N3O3S. The lowest BCUT2D eigenvalue weighted by molar-refractivity contribution is -0.119. The predicted molar refractivity (Wildman–Crippen MR) is 75.0 cm³/mol. The van der Waals surface area contributed by atoms with Gasteiger partial charge in [0.1, 0.15) is 9.84 Å². The second-order valence-corrected chi connectivity index (χ2v) is 6.81. The number of nitrogens with zero attached hydrogens (tertiary/aromatic N) is 1. The zero-order chi connectivity index (χ0) is 14.5. The van der Waals surface area contributed by atoms with Crippen LogP contribution >= 0.6 is 0 Å². The molecule has 0 aromatic heterocycles. The number of carbonyl (C=O) groups excluding carboxylic acids is 1. The lowest BCUT2D eigenvalue weighted by Crippen LogP contribution is -2.36. The van der Waals surface area contributed by atoms with E-state index in [-0.39, 0.29) is 18.8 Å². The first kappa shape index (κ1) is 15.5. The molecule has 4 N–H and O–H groups in total. The van der Waals surface area contributed by atoms with Gasteiger partial charge in [-0.05, 0) is 17.7 Å². The molecule has 106 valence electrons. The van der Waals surface area contributed by atoms with Crippen LogP contribution in [0.4, 0.5) is 5.69 Å². The van der Waals surface area contributed by atoms with Gasteiger partial charge in [-0.2, -0.15) is 0 Å². The fourth-order valence-electron chi connectivity index (χ4n) is 1.68. The Morgan fingerprint density at radius 3 is 2.58 bits per heavy atom. The van der Waals surface area contributed by atoms with E-state index >= 15 is 0 Å². The van der Waals surface area contributed by atoms with Crippen LogP contribution in [0, 0.1) is 0 Å². The van der Waals surface area contributed by atoms with Crippen molar-refractivity contribution in [2.24, 2.45) is 5.73 Å². The minimum atomic E-state index is -3.07. The maximum atomic E-state index is 11.2. The molecule has 0 heterocycles. The molecule has 1 rings (SSSR count). The fraction of sp³-hybridized carbons (Fsp3) is 0.417. The predicted octanol–water partition coefficient (Wildman–Crippen LogP) is -0.399. The summed E-state index contributed by atoms with van der Waals surface area (Å²) in [5.41, 5.74) is 12.4. The van der Waals surface area contributed by atoms with E-state index in [2.05, 4.69) is 0 Å². The lowest BCUT2D eigenvalue weighted by Gasteiger charge is -2.20. The molecule has 1 aromatic carbocycles. The zero-order valence-electron chi connectivity index (χ0n) is 10.9. The van der Waals surface area contributed by atoms with Gasteiger partial charge in [-0.1, -0.05) is 12.1 Å². The van der Waals surface area contributed by atoms with Crippen LogP contribution < -0.4 is 11.5 Å². The van der Waals surface area contributed by atoms with Gasteiger partial charge in [0.25, 0.3) is 0 Å². The number of nitrogen functional groups attached to an aromatic ring is 1. The van der Waals surface area contributed by atoms with E-state index in [1.54, 1.807) is 17.0 Å². The molecule has 0 aliphatic rings. The summed E-state index contributed by atoms with van der Waals surface area (Å²) in [6, 6.07) is 7.22. The Labute approximate surface area is 113 Å². The number of anilines is 1. The summed E-state index contributed by atoms with van der Waals surface area (Å²) in [4.78, 5) is 12.7. The van der Waals surface area contributed by atoms with Crippen molar-refractivity contribution >= 4 is 21.4 Å². The molecule has 0 atom stereocenters. The number of sulfone groups is 1.